The van der Waals surface area contributed by atoms with E-state index >= 15 is 0 Å². The third-order valence-corrected chi connectivity index (χ3v) is 6.03. The number of benzene rings is 1. The summed E-state index contributed by atoms with van der Waals surface area (Å²) in [6, 6.07) is 10.6. The van der Waals surface area contributed by atoms with Crippen molar-refractivity contribution in [1.82, 2.24) is 25.6 Å². The molecule has 0 radical (unpaired) electrons. The van der Waals surface area contributed by atoms with Crippen molar-refractivity contribution in [3.05, 3.63) is 101 Å². The normalized spacial score (nSPS) is 17.9. The lowest BCUT2D eigenvalue weighted by molar-refractivity contribution is 0.631. The molecular formula is C26H21FN6. The summed E-state index contributed by atoms with van der Waals surface area (Å²) in [5.74, 6) is -0.0307. The Morgan fingerprint density at radius 2 is 2.03 bits per heavy atom. The zero-order valence-corrected chi connectivity index (χ0v) is 17.9. The molecule has 1 aliphatic heterocycles. The largest absolute Gasteiger partial charge is 0.353 e. The standard InChI is InChI=1S/C26H21FN6/c1-15-8-16(18-13-29-30-14-18)10-20-17(9-15)12-31-33-26(20)24-11-21-23(32-24)6-7-28-25(21)19-4-2-3-5-22(19)27/h2-11,13-15,31-32H,12H2,1H3,(H,29,30)/t15-/m0/s1. The van der Waals surface area contributed by atoms with E-state index in [0.29, 0.717) is 17.8 Å². The van der Waals surface area contributed by atoms with Crippen LogP contribution in [0.3, 0.4) is 0 Å². The Labute approximate surface area is 189 Å². The molecule has 0 saturated heterocycles. The van der Waals surface area contributed by atoms with Gasteiger partial charge in [0, 0.05) is 40.0 Å². The van der Waals surface area contributed by atoms with Crippen LogP contribution in [0.1, 0.15) is 18.2 Å². The van der Waals surface area contributed by atoms with Gasteiger partial charge in [-0.05, 0) is 47.4 Å². The van der Waals surface area contributed by atoms with Gasteiger partial charge in [-0.2, -0.15) is 10.2 Å². The molecule has 0 bridgehead atoms. The highest BCUT2D eigenvalue weighted by atomic mass is 19.1. The number of halogens is 1. The summed E-state index contributed by atoms with van der Waals surface area (Å²) in [4.78, 5) is 7.96. The minimum atomic E-state index is -0.294. The van der Waals surface area contributed by atoms with Crippen molar-refractivity contribution in [2.75, 3.05) is 6.54 Å². The highest BCUT2D eigenvalue weighted by Gasteiger charge is 2.24. The van der Waals surface area contributed by atoms with Crippen LogP contribution < -0.4 is 5.43 Å². The molecule has 6 nitrogen and oxygen atoms in total. The van der Waals surface area contributed by atoms with Gasteiger partial charge >= 0.3 is 0 Å². The van der Waals surface area contributed by atoms with Gasteiger partial charge in [-0.3, -0.25) is 10.1 Å². The maximum Gasteiger partial charge on any atom is 0.132 e. The Kier molecular flexibility index (Phi) is 4.54. The third-order valence-electron chi connectivity index (χ3n) is 6.03. The van der Waals surface area contributed by atoms with Crippen LogP contribution in [-0.2, 0) is 0 Å². The average molecular weight is 436 g/mol. The van der Waals surface area contributed by atoms with Crippen LogP contribution >= 0.6 is 0 Å². The number of fused-ring (bicyclic) bond motifs is 2. The van der Waals surface area contributed by atoms with Gasteiger partial charge in [-0.15, -0.1) is 0 Å². The fourth-order valence-electron chi connectivity index (χ4n) is 4.52. The molecule has 1 aliphatic carbocycles. The molecular weight excluding hydrogens is 415 g/mol. The van der Waals surface area contributed by atoms with Crippen molar-refractivity contribution < 1.29 is 4.39 Å². The molecule has 0 amide bonds. The molecule has 6 rings (SSSR count). The Morgan fingerprint density at radius 1 is 1.12 bits per heavy atom. The van der Waals surface area contributed by atoms with E-state index in [0.717, 1.165) is 39.0 Å². The summed E-state index contributed by atoms with van der Waals surface area (Å²) in [5.41, 5.74) is 11.2. The molecule has 4 aromatic rings. The van der Waals surface area contributed by atoms with Gasteiger partial charge in [0.1, 0.15) is 11.5 Å². The number of aromatic amines is 2. The van der Waals surface area contributed by atoms with Crippen LogP contribution in [0.2, 0.25) is 0 Å². The van der Waals surface area contributed by atoms with Crippen LogP contribution in [0.4, 0.5) is 4.39 Å². The molecule has 162 valence electrons. The van der Waals surface area contributed by atoms with Gasteiger partial charge in [0.25, 0.3) is 0 Å². The van der Waals surface area contributed by atoms with Crippen molar-refractivity contribution in [1.29, 1.82) is 0 Å². The lowest BCUT2D eigenvalue weighted by Gasteiger charge is -2.19. The van der Waals surface area contributed by atoms with Gasteiger partial charge in [-0.25, -0.2) is 4.39 Å². The fourth-order valence-corrected chi connectivity index (χ4v) is 4.52. The second-order valence-corrected chi connectivity index (χ2v) is 8.30. The first kappa shape index (κ1) is 19.4. The zero-order chi connectivity index (χ0) is 22.4. The Bertz CT molecular complexity index is 1490. The van der Waals surface area contributed by atoms with Crippen LogP contribution in [0, 0.1) is 11.7 Å². The molecule has 4 heterocycles. The molecule has 0 spiro atoms. The second kappa shape index (κ2) is 7.70. The van der Waals surface area contributed by atoms with Crippen LogP contribution in [-0.4, -0.2) is 32.4 Å². The average Bonchev–Trinajstić information content (AvgIpc) is 3.47. The lowest BCUT2D eigenvalue weighted by Crippen LogP contribution is -2.25. The maximum absolute atomic E-state index is 14.5. The first-order valence-corrected chi connectivity index (χ1v) is 10.8. The Balaban J connectivity index is 1.49. The predicted molar refractivity (Wildman–Crippen MR) is 128 cm³/mol. The molecule has 0 fully saturated rings. The van der Waals surface area contributed by atoms with Crippen molar-refractivity contribution in [2.45, 2.75) is 6.92 Å². The minimum Gasteiger partial charge on any atom is -0.353 e. The van der Waals surface area contributed by atoms with Crippen LogP contribution in [0.5, 0.6) is 0 Å². The monoisotopic (exact) mass is 436 g/mol. The van der Waals surface area contributed by atoms with E-state index in [2.05, 4.69) is 55.8 Å². The number of hydrazone groups is 1. The third kappa shape index (κ3) is 3.38. The van der Waals surface area contributed by atoms with E-state index in [-0.39, 0.29) is 11.7 Å². The maximum atomic E-state index is 14.5. The molecule has 2 aliphatic rings. The molecule has 3 aromatic heterocycles. The first-order chi connectivity index (χ1) is 16.2. The predicted octanol–water partition coefficient (Wildman–Crippen LogP) is 4.99. The van der Waals surface area contributed by atoms with Crippen LogP contribution in [0.25, 0.3) is 27.7 Å². The summed E-state index contributed by atoms with van der Waals surface area (Å²) in [6.45, 7) is 2.83. The summed E-state index contributed by atoms with van der Waals surface area (Å²) in [5, 5.41) is 12.5. The van der Waals surface area contributed by atoms with E-state index in [9.17, 15) is 4.39 Å². The number of allylic oxidation sites excluding steroid dienone is 4. The van der Waals surface area contributed by atoms with Gasteiger partial charge < -0.3 is 10.4 Å². The number of H-pyrrole nitrogens is 2. The molecule has 0 saturated carbocycles. The molecule has 0 unspecified atom stereocenters. The van der Waals surface area contributed by atoms with Gasteiger partial charge in [0.15, 0.2) is 0 Å². The highest BCUT2D eigenvalue weighted by molar-refractivity contribution is 6.18. The van der Waals surface area contributed by atoms with E-state index in [1.165, 1.54) is 11.6 Å². The molecule has 1 aromatic carbocycles. The van der Waals surface area contributed by atoms with Gasteiger partial charge in [0.2, 0.25) is 0 Å². The zero-order valence-electron chi connectivity index (χ0n) is 17.9. The van der Waals surface area contributed by atoms with E-state index in [1.807, 2.05) is 30.6 Å². The van der Waals surface area contributed by atoms with Gasteiger partial charge in [-0.1, -0.05) is 31.2 Å². The molecule has 33 heavy (non-hydrogen) atoms. The quantitative estimate of drug-likeness (QED) is 0.423. The molecule has 3 N–H and O–H groups in total. The molecule has 7 heteroatoms. The van der Waals surface area contributed by atoms with Gasteiger partial charge in [0.05, 0.1) is 24.1 Å². The Hall–Kier alpha value is -4.26. The minimum absolute atomic E-state index is 0.263. The van der Waals surface area contributed by atoms with Crippen LogP contribution in [0.15, 0.2) is 89.5 Å². The smallest absolute Gasteiger partial charge is 0.132 e. The molecule has 1 atom stereocenters. The lowest BCUT2D eigenvalue weighted by atomic mass is 9.95. The topological polar surface area (TPSA) is 81.8 Å². The van der Waals surface area contributed by atoms with E-state index in [1.54, 1.807) is 18.3 Å². The van der Waals surface area contributed by atoms with E-state index in [4.69, 9.17) is 0 Å². The fraction of sp³-hybridized carbons (Fsp3) is 0.115. The summed E-state index contributed by atoms with van der Waals surface area (Å²) in [6.07, 6.45) is 12.1. The number of aromatic nitrogens is 4. The Morgan fingerprint density at radius 3 is 2.88 bits per heavy atom. The SMILES string of the molecule is C[C@@H]1C=C2CNN=C(c3cc4c(-c5ccccc5F)nccc4[nH]3)C2=CC(c2cn[nH]c2)=C1. The number of hydrogen-bond acceptors (Lipinski definition) is 4. The number of nitrogens with one attached hydrogen (secondary N) is 3. The summed E-state index contributed by atoms with van der Waals surface area (Å²) in [7, 11) is 0. The highest BCUT2D eigenvalue weighted by Crippen LogP contribution is 2.33. The number of rotatable bonds is 3. The van der Waals surface area contributed by atoms with Crippen molar-refractivity contribution in [2.24, 2.45) is 11.0 Å². The number of nitrogens with zero attached hydrogens (tertiary/aromatic N) is 3. The first-order valence-electron chi connectivity index (χ1n) is 10.8. The van der Waals surface area contributed by atoms with E-state index < -0.39 is 0 Å². The van der Waals surface area contributed by atoms with Crippen molar-refractivity contribution in [3.63, 3.8) is 0 Å². The van der Waals surface area contributed by atoms with Crippen molar-refractivity contribution >= 4 is 22.2 Å². The van der Waals surface area contributed by atoms with Crippen molar-refractivity contribution in [3.8, 4) is 11.3 Å². The summed E-state index contributed by atoms with van der Waals surface area (Å²) >= 11 is 0. The summed E-state index contributed by atoms with van der Waals surface area (Å²) < 4.78 is 14.5. The number of pyridine rings is 1. The second-order valence-electron chi connectivity index (χ2n) is 8.30. The number of hydrogen-bond donors (Lipinski definition) is 3.